The summed E-state index contributed by atoms with van der Waals surface area (Å²) in [7, 11) is 0. The molecule has 0 aliphatic heterocycles. The monoisotopic (exact) mass is 464 g/mol. The van der Waals surface area contributed by atoms with E-state index in [1.807, 2.05) is 42.5 Å². The fourth-order valence-corrected chi connectivity index (χ4v) is 2.60. The Hall–Kier alpha value is -4.66. The van der Waals surface area contributed by atoms with E-state index in [1.54, 1.807) is 24.3 Å². The highest BCUT2D eigenvalue weighted by Crippen LogP contribution is 2.22. The van der Waals surface area contributed by atoms with Crippen LogP contribution in [0.2, 0.25) is 0 Å². The minimum atomic E-state index is -0.833. The molecule has 34 heavy (non-hydrogen) atoms. The highest BCUT2D eigenvalue weighted by molar-refractivity contribution is 5.96. The molecular weight excluding hydrogens is 436 g/mol. The Kier molecular flexibility index (Phi) is 11.0. The Morgan fingerprint density at radius 2 is 1.24 bits per heavy atom. The van der Waals surface area contributed by atoms with Crippen LogP contribution in [-0.4, -0.2) is 33.8 Å². The third-order valence-electron chi connectivity index (χ3n) is 4.00. The predicted octanol–water partition coefficient (Wildman–Crippen LogP) is 3.68. The number of nitrogens with two attached hydrogens (primary N) is 2. The van der Waals surface area contributed by atoms with Crippen LogP contribution in [-0.2, 0) is 16.2 Å². The lowest BCUT2D eigenvalue weighted by molar-refractivity contribution is -0.135. The van der Waals surface area contributed by atoms with Crippen molar-refractivity contribution >= 4 is 23.6 Å². The number of carboxylic acids is 2. The number of amidine groups is 2. The van der Waals surface area contributed by atoms with Crippen LogP contribution in [0.15, 0.2) is 72.8 Å². The summed E-state index contributed by atoms with van der Waals surface area (Å²) in [4.78, 5) is 18.0. The molecule has 0 spiro atoms. The molecule has 0 saturated heterocycles. The molecule has 0 bridgehead atoms. The number of benzene rings is 3. The number of nitrogens with one attached hydrogen (secondary N) is 2. The van der Waals surface area contributed by atoms with E-state index in [1.165, 1.54) is 0 Å². The Bertz CT molecular complexity index is 1120. The average Bonchev–Trinajstić information content (AvgIpc) is 2.77. The van der Waals surface area contributed by atoms with Crippen molar-refractivity contribution in [1.82, 2.24) is 0 Å². The number of carboxylic acid groups (broad SMARTS) is 2. The molecule has 3 aromatic rings. The molecule has 0 amide bonds. The first-order valence-electron chi connectivity index (χ1n) is 9.99. The van der Waals surface area contributed by atoms with Gasteiger partial charge in [0.15, 0.2) is 0 Å². The first-order valence-corrected chi connectivity index (χ1v) is 9.99. The van der Waals surface area contributed by atoms with Crippen LogP contribution in [0.1, 0.15) is 30.5 Å². The van der Waals surface area contributed by atoms with Crippen LogP contribution in [0.25, 0.3) is 11.1 Å². The van der Waals surface area contributed by atoms with E-state index in [0.29, 0.717) is 17.7 Å². The maximum absolute atomic E-state index is 9.00. The van der Waals surface area contributed by atoms with Crippen molar-refractivity contribution in [1.29, 1.82) is 10.8 Å². The minimum absolute atomic E-state index is 0.0389. The van der Waals surface area contributed by atoms with Crippen LogP contribution >= 0.6 is 0 Å². The Morgan fingerprint density at radius 3 is 1.74 bits per heavy atom. The summed E-state index contributed by atoms with van der Waals surface area (Å²) >= 11 is 0. The molecule has 0 aliphatic carbocycles. The minimum Gasteiger partial charge on any atom is -0.489 e. The van der Waals surface area contributed by atoms with E-state index < -0.39 is 11.9 Å². The van der Waals surface area contributed by atoms with Crippen LogP contribution in [0.5, 0.6) is 5.75 Å². The molecule has 9 heteroatoms. The molecule has 0 unspecified atom stereocenters. The summed E-state index contributed by atoms with van der Waals surface area (Å²) in [6.07, 6.45) is 0. The summed E-state index contributed by atoms with van der Waals surface area (Å²) in [5.74, 6) is -0.851. The van der Waals surface area contributed by atoms with E-state index in [9.17, 15) is 0 Å². The molecule has 9 nitrogen and oxygen atoms in total. The van der Waals surface area contributed by atoms with Gasteiger partial charge in [-0.25, -0.2) is 0 Å². The van der Waals surface area contributed by atoms with Gasteiger partial charge in [0.25, 0.3) is 11.9 Å². The largest absolute Gasteiger partial charge is 0.489 e. The summed E-state index contributed by atoms with van der Waals surface area (Å²) < 4.78 is 5.81. The second-order valence-corrected chi connectivity index (χ2v) is 6.96. The van der Waals surface area contributed by atoms with Gasteiger partial charge in [-0.1, -0.05) is 36.4 Å². The first-order chi connectivity index (χ1) is 16.0. The molecule has 0 heterocycles. The van der Waals surface area contributed by atoms with Gasteiger partial charge in [-0.2, -0.15) is 0 Å². The zero-order valence-corrected chi connectivity index (χ0v) is 18.9. The fraction of sp³-hybridized carbons (Fsp3) is 0.120. The number of carbonyl (C=O) groups is 2. The molecule has 0 fully saturated rings. The zero-order chi connectivity index (χ0) is 25.7. The number of ether oxygens (including phenoxy) is 1. The number of hydrogen-bond acceptors (Lipinski definition) is 5. The molecule has 0 aliphatic rings. The topological polar surface area (TPSA) is 184 Å². The summed E-state index contributed by atoms with van der Waals surface area (Å²) in [6.45, 7) is 2.60. The zero-order valence-electron chi connectivity index (χ0n) is 18.9. The van der Waals surface area contributed by atoms with Gasteiger partial charge < -0.3 is 26.4 Å². The molecule has 8 N–H and O–H groups in total. The Morgan fingerprint density at radius 1 is 0.765 bits per heavy atom. The van der Waals surface area contributed by atoms with E-state index in [4.69, 9.17) is 46.8 Å². The third kappa shape index (κ3) is 10.6. The van der Waals surface area contributed by atoms with Crippen LogP contribution in [0.4, 0.5) is 0 Å². The molecule has 0 saturated carbocycles. The highest BCUT2D eigenvalue weighted by atomic mass is 16.5. The van der Waals surface area contributed by atoms with Gasteiger partial charge in [-0.05, 0) is 53.1 Å². The summed E-state index contributed by atoms with van der Waals surface area (Å²) in [5, 5.41) is 29.8. The van der Waals surface area contributed by atoms with E-state index in [0.717, 1.165) is 36.3 Å². The number of rotatable bonds is 6. The molecule has 0 atom stereocenters. The third-order valence-corrected chi connectivity index (χ3v) is 4.00. The lowest BCUT2D eigenvalue weighted by atomic mass is 10.0. The van der Waals surface area contributed by atoms with Crippen LogP contribution < -0.4 is 16.2 Å². The van der Waals surface area contributed by atoms with Crippen molar-refractivity contribution in [3.63, 3.8) is 0 Å². The van der Waals surface area contributed by atoms with Crippen molar-refractivity contribution in [3.8, 4) is 16.9 Å². The number of nitrogen functional groups attached to an aromatic ring is 2. The highest BCUT2D eigenvalue weighted by Gasteiger charge is 2.04. The second-order valence-electron chi connectivity index (χ2n) is 6.96. The Balaban J connectivity index is 0.000000629. The normalized spacial score (nSPS) is 9.35. The summed E-state index contributed by atoms with van der Waals surface area (Å²) in [5.41, 5.74) is 15.5. The van der Waals surface area contributed by atoms with E-state index in [-0.39, 0.29) is 11.7 Å². The molecule has 3 rings (SSSR count). The second kappa shape index (κ2) is 13.7. The van der Waals surface area contributed by atoms with Gasteiger partial charge in [0.05, 0.1) is 0 Å². The van der Waals surface area contributed by atoms with Gasteiger partial charge in [0, 0.05) is 25.0 Å². The van der Waals surface area contributed by atoms with Gasteiger partial charge in [0.1, 0.15) is 24.0 Å². The lowest BCUT2D eigenvalue weighted by Crippen LogP contribution is -2.10. The van der Waals surface area contributed by atoms with Crippen molar-refractivity contribution in [3.05, 3.63) is 89.5 Å². The van der Waals surface area contributed by atoms with Crippen LogP contribution in [0.3, 0.4) is 0 Å². The van der Waals surface area contributed by atoms with Gasteiger partial charge in [-0.3, -0.25) is 20.4 Å². The smallest absolute Gasteiger partial charge is 0.300 e. The lowest BCUT2D eigenvalue weighted by Gasteiger charge is -2.09. The molecule has 0 aromatic heterocycles. The molecule has 3 aromatic carbocycles. The molecule has 178 valence electrons. The van der Waals surface area contributed by atoms with E-state index >= 15 is 0 Å². The SMILES string of the molecule is CC(=O)O.CC(=O)O.N=C(N)c1ccc(OCc2cccc(-c3cccc(C(=N)N)c3)c2)cc1. The van der Waals surface area contributed by atoms with Gasteiger partial charge >= 0.3 is 0 Å². The van der Waals surface area contributed by atoms with Crippen molar-refractivity contribution in [2.24, 2.45) is 11.5 Å². The number of hydrogen-bond donors (Lipinski definition) is 6. The molecular formula is C25H28N4O5. The maximum Gasteiger partial charge on any atom is 0.300 e. The van der Waals surface area contributed by atoms with Crippen molar-refractivity contribution < 1.29 is 24.5 Å². The van der Waals surface area contributed by atoms with Crippen molar-refractivity contribution in [2.45, 2.75) is 20.5 Å². The fourth-order valence-electron chi connectivity index (χ4n) is 2.60. The van der Waals surface area contributed by atoms with E-state index in [2.05, 4.69) is 6.07 Å². The van der Waals surface area contributed by atoms with Crippen LogP contribution in [0, 0.1) is 10.8 Å². The molecule has 0 radical (unpaired) electrons. The first kappa shape index (κ1) is 27.4. The Labute approximate surface area is 197 Å². The van der Waals surface area contributed by atoms with Gasteiger partial charge in [0.2, 0.25) is 0 Å². The number of aliphatic carboxylic acids is 2. The standard InChI is InChI=1S/C21H20N4O.2C2H4O2/c22-20(23)15-7-9-19(10-8-15)26-13-14-3-1-4-16(11-14)17-5-2-6-18(12-17)21(24)25;2*1-2(3)4/h1-12H,13H2,(H3,22,23)(H3,24,25);2*1H3,(H,3,4). The quantitative estimate of drug-likeness (QED) is 0.237. The maximum atomic E-state index is 9.00. The van der Waals surface area contributed by atoms with Crippen molar-refractivity contribution in [2.75, 3.05) is 0 Å². The average molecular weight is 465 g/mol. The summed E-state index contributed by atoms with van der Waals surface area (Å²) in [6, 6.07) is 22.8. The van der Waals surface area contributed by atoms with Gasteiger partial charge in [-0.15, -0.1) is 0 Å². The predicted molar refractivity (Wildman–Crippen MR) is 131 cm³/mol.